The molecule has 0 unspecified atom stereocenters. The second-order valence-corrected chi connectivity index (χ2v) is 5.60. The molecule has 1 heterocycles. The number of hydrogen-bond acceptors (Lipinski definition) is 5. The van der Waals surface area contributed by atoms with Crippen LogP contribution in [0.15, 0.2) is 48.8 Å². The predicted octanol–water partition coefficient (Wildman–Crippen LogP) is 1.63. The molecule has 7 heteroatoms. The van der Waals surface area contributed by atoms with Crippen LogP contribution in [0.3, 0.4) is 0 Å². The Morgan fingerprint density at radius 1 is 1.15 bits per heavy atom. The number of amides is 2. The molecule has 26 heavy (non-hydrogen) atoms. The van der Waals surface area contributed by atoms with Crippen molar-refractivity contribution >= 4 is 11.8 Å². The van der Waals surface area contributed by atoms with E-state index in [-0.39, 0.29) is 18.4 Å². The van der Waals surface area contributed by atoms with Gasteiger partial charge in [-0.2, -0.15) is 0 Å². The van der Waals surface area contributed by atoms with Crippen LogP contribution >= 0.6 is 0 Å². The molecule has 0 radical (unpaired) electrons. The second kappa shape index (κ2) is 10.0. The minimum atomic E-state index is -0.228. The molecule has 2 aromatic rings. The van der Waals surface area contributed by atoms with Crippen LogP contribution in [0, 0.1) is 0 Å². The number of carbonyl (C=O) groups excluding carboxylic acids is 2. The first-order chi connectivity index (χ1) is 12.6. The maximum absolute atomic E-state index is 12.1. The number of aromatic nitrogens is 1. The van der Waals surface area contributed by atoms with Crippen molar-refractivity contribution in [2.45, 2.75) is 13.5 Å². The first-order valence-corrected chi connectivity index (χ1v) is 8.26. The van der Waals surface area contributed by atoms with Crippen molar-refractivity contribution in [2.24, 2.45) is 0 Å². The molecule has 0 saturated carbocycles. The SMILES string of the molecule is COc1ccc(OCCN(CC(=O)NCc2cccnc2)C(C)=O)cc1. The fourth-order valence-corrected chi connectivity index (χ4v) is 2.23. The van der Waals surface area contributed by atoms with Gasteiger partial charge in [0.25, 0.3) is 0 Å². The quantitative estimate of drug-likeness (QED) is 0.738. The van der Waals surface area contributed by atoms with E-state index in [0.717, 1.165) is 11.3 Å². The maximum atomic E-state index is 12.1. The summed E-state index contributed by atoms with van der Waals surface area (Å²) in [5.41, 5.74) is 0.901. The van der Waals surface area contributed by atoms with Crippen molar-refractivity contribution in [3.63, 3.8) is 0 Å². The van der Waals surface area contributed by atoms with Gasteiger partial charge in [-0.15, -0.1) is 0 Å². The highest BCUT2D eigenvalue weighted by Gasteiger charge is 2.13. The maximum Gasteiger partial charge on any atom is 0.239 e. The van der Waals surface area contributed by atoms with Gasteiger partial charge < -0.3 is 19.7 Å². The van der Waals surface area contributed by atoms with E-state index in [0.29, 0.717) is 25.4 Å². The van der Waals surface area contributed by atoms with Gasteiger partial charge in [0.2, 0.25) is 11.8 Å². The first-order valence-electron chi connectivity index (χ1n) is 8.26. The van der Waals surface area contributed by atoms with Gasteiger partial charge in [-0.3, -0.25) is 14.6 Å². The highest BCUT2D eigenvalue weighted by Crippen LogP contribution is 2.16. The summed E-state index contributed by atoms with van der Waals surface area (Å²) in [6.45, 7) is 2.41. The van der Waals surface area contributed by atoms with Gasteiger partial charge >= 0.3 is 0 Å². The number of rotatable bonds is 9. The summed E-state index contributed by atoms with van der Waals surface area (Å²) in [6, 6.07) is 10.8. The number of ether oxygens (including phenoxy) is 2. The first kappa shape index (κ1) is 19.2. The van der Waals surface area contributed by atoms with Gasteiger partial charge in [-0.25, -0.2) is 0 Å². The van der Waals surface area contributed by atoms with Crippen molar-refractivity contribution in [2.75, 3.05) is 26.8 Å². The normalized spacial score (nSPS) is 10.1. The van der Waals surface area contributed by atoms with E-state index in [1.165, 1.54) is 11.8 Å². The van der Waals surface area contributed by atoms with Crippen LogP contribution in [-0.4, -0.2) is 48.5 Å². The van der Waals surface area contributed by atoms with E-state index in [4.69, 9.17) is 9.47 Å². The van der Waals surface area contributed by atoms with Crippen LogP contribution in [-0.2, 0) is 16.1 Å². The summed E-state index contributed by atoms with van der Waals surface area (Å²) >= 11 is 0. The largest absolute Gasteiger partial charge is 0.497 e. The van der Waals surface area contributed by atoms with Crippen molar-refractivity contribution in [1.29, 1.82) is 0 Å². The summed E-state index contributed by atoms with van der Waals surface area (Å²) in [5, 5.41) is 2.78. The van der Waals surface area contributed by atoms with Crippen LogP contribution in [0.4, 0.5) is 0 Å². The van der Waals surface area contributed by atoms with Crippen molar-refractivity contribution < 1.29 is 19.1 Å². The van der Waals surface area contributed by atoms with Gasteiger partial charge in [-0.05, 0) is 35.9 Å². The molecule has 0 aliphatic heterocycles. The van der Waals surface area contributed by atoms with Crippen LogP contribution < -0.4 is 14.8 Å². The van der Waals surface area contributed by atoms with Gasteiger partial charge in [0.15, 0.2) is 0 Å². The van der Waals surface area contributed by atoms with Gasteiger partial charge in [-0.1, -0.05) is 6.07 Å². The number of benzene rings is 1. The second-order valence-electron chi connectivity index (χ2n) is 5.60. The van der Waals surface area contributed by atoms with Gasteiger partial charge in [0.05, 0.1) is 20.2 Å². The Bertz CT molecular complexity index is 704. The average molecular weight is 357 g/mol. The zero-order chi connectivity index (χ0) is 18.8. The zero-order valence-electron chi connectivity index (χ0n) is 15.0. The van der Waals surface area contributed by atoms with Crippen LogP contribution in [0.25, 0.3) is 0 Å². The molecule has 0 bridgehead atoms. The molecule has 2 amide bonds. The van der Waals surface area contributed by atoms with E-state index in [9.17, 15) is 9.59 Å². The lowest BCUT2D eigenvalue weighted by Gasteiger charge is -2.20. The Hall–Kier alpha value is -3.09. The average Bonchev–Trinajstić information content (AvgIpc) is 2.67. The van der Waals surface area contributed by atoms with E-state index < -0.39 is 0 Å². The molecule has 0 aliphatic carbocycles. The van der Waals surface area contributed by atoms with Crippen LogP contribution in [0.5, 0.6) is 11.5 Å². The molecule has 1 aromatic heterocycles. The highest BCUT2D eigenvalue weighted by molar-refractivity contribution is 5.83. The van der Waals surface area contributed by atoms with E-state index >= 15 is 0 Å². The minimum Gasteiger partial charge on any atom is -0.497 e. The number of pyridine rings is 1. The molecule has 0 atom stereocenters. The Morgan fingerprint density at radius 3 is 2.50 bits per heavy atom. The third-order valence-corrected chi connectivity index (χ3v) is 3.68. The smallest absolute Gasteiger partial charge is 0.239 e. The van der Waals surface area contributed by atoms with Crippen molar-refractivity contribution in [1.82, 2.24) is 15.2 Å². The summed E-state index contributed by atoms with van der Waals surface area (Å²) in [4.78, 5) is 29.2. The van der Waals surface area contributed by atoms with E-state index in [2.05, 4.69) is 10.3 Å². The Kier molecular flexibility index (Phi) is 7.42. The molecule has 1 N–H and O–H groups in total. The number of hydrogen-bond donors (Lipinski definition) is 1. The van der Waals surface area contributed by atoms with Crippen molar-refractivity contribution in [3.05, 3.63) is 54.4 Å². The third-order valence-electron chi connectivity index (χ3n) is 3.68. The monoisotopic (exact) mass is 357 g/mol. The van der Waals surface area contributed by atoms with Crippen LogP contribution in [0.2, 0.25) is 0 Å². The summed E-state index contributed by atoms with van der Waals surface area (Å²) in [6.07, 6.45) is 3.36. The molecular weight excluding hydrogens is 334 g/mol. The lowest BCUT2D eigenvalue weighted by atomic mass is 10.3. The summed E-state index contributed by atoms with van der Waals surface area (Å²) in [5.74, 6) is 1.01. The van der Waals surface area contributed by atoms with Crippen LogP contribution in [0.1, 0.15) is 12.5 Å². The molecule has 2 rings (SSSR count). The molecule has 0 aliphatic rings. The highest BCUT2D eigenvalue weighted by atomic mass is 16.5. The fourth-order valence-electron chi connectivity index (χ4n) is 2.23. The van der Waals surface area contributed by atoms with E-state index in [1.807, 2.05) is 6.07 Å². The van der Waals surface area contributed by atoms with Crippen molar-refractivity contribution in [3.8, 4) is 11.5 Å². The minimum absolute atomic E-state index is 0.0123. The number of nitrogens with zero attached hydrogens (tertiary/aromatic N) is 2. The lowest BCUT2D eigenvalue weighted by molar-refractivity contribution is -0.134. The predicted molar refractivity (Wildman–Crippen MR) is 96.8 cm³/mol. The zero-order valence-corrected chi connectivity index (χ0v) is 15.0. The third kappa shape index (κ3) is 6.43. The Balaban J connectivity index is 1.76. The molecule has 0 saturated heterocycles. The van der Waals surface area contributed by atoms with Gasteiger partial charge in [0, 0.05) is 25.9 Å². The van der Waals surface area contributed by atoms with E-state index in [1.54, 1.807) is 49.8 Å². The van der Waals surface area contributed by atoms with Gasteiger partial charge in [0.1, 0.15) is 18.1 Å². The molecule has 1 aromatic carbocycles. The number of methoxy groups -OCH3 is 1. The summed E-state index contributed by atoms with van der Waals surface area (Å²) < 4.78 is 10.7. The Morgan fingerprint density at radius 2 is 1.88 bits per heavy atom. The summed E-state index contributed by atoms with van der Waals surface area (Å²) in [7, 11) is 1.60. The number of carbonyl (C=O) groups is 2. The molecule has 138 valence electrons. The Labute approximate surface area is 152 Å². The topological polar surface area (TPSA) is 80.8 Å². The molecule has 7 nitrogen and oxygen atoms in total. The molecular formula is C19H23N3O4. The molecule has 0 fully saturated rings. The fraction of sp³-hybridized carbons (Fsp3) is 0.316. The standard InChI is InChI=1S/C19H23N3O4/c1-15(23)22(10-11-26-18-7-5-17(25-2)6-8-18)14-19(24)21-13-16-4-3-9-20-12-16/h3-9,12H,10-11,13-14H2,1-2H3,(H,21,24). The number of nitrogens with one attached hydrogen (secondary N) is 1. The molecule has 0 spiro atoms. The lowest BCUT2D eigenvalue weighted by Crippen LogP contribution is -2.41.